The lowest BCUT2D eigenvalue weighted by atomic mass is 10.1. The summed E-state index contributed by atoms with van der Waals surface area (Å²) in [6.07, 6.45) is 1.78. The highest BCUT2D eigenvalue weighted by molar-refractivity contribution is 8.11. The summed E-state index contributed by atoms with van der Waals surface area (Å²) >= 11 is 0.950. The predicted molar refractivity (Wildman–Crippen MR) is 64.4 cm³/mol. The van der Waals surface area contributed by atoms with Crippen LogP contribution in [0.15, 0.2) is 11.4 Å². The standard InChI is InChI=1S/C10H15N3O3S/c1-13(2,3)8(10(15)16)4-7-9(17-6-14)12-5-11-7/h5-6,8H,4H2,1-3H3,(H-,11,12,15,16)/p+1. The van der Waals surface area contributed by atoms with Crippen LogP contribution < -0.4 is 0 Å². The largest absolute Gasteiger partial charge is 0.477 e. The first kappa shape index (κ1) is 13.7. The van der Waals surface area contributed by atoms with Gasteiger partial charge in [0.15, 0.2) is 11.7 Å². The zero-order valence-electron chi connectivity index (χ0n) is 10.0. The number of nitrogens with one attached hydrogen (secondary N) is 1. The highest BCUT2D eigenvalue weighted by Crippen LogP contribution is 2.20. The molecule has 2 N–H and O–H groups in total. The number of aliphatic carboxylic acids is 1. The van der Waals surface area contributed by atoms with Crippen LogP contribution in [0.25, 0.3) is 0 Å². The van der Waals surface area contributed by atoms with Gasteiger partial charge in [-0.15, -0.1) is 0 Å². The molecule has 0 bridgehead atoms. The molecule has 1 heterocycles. The lowest BCUT2D eigenvalue weighted by molar-refractivity contribution is -0.887. The Bertz CT molecular complexity index is 411. The molecule has 0 amide bonds. The summed E-state index contributed by atoms with van der Waals surface area (Å²) < 4.78 is 0.305. The minimum Gasteiger partial charge on any atom is -0.477 e. The Kier molecular flexibility index (Phi) is 4.30. The van der Waals surface area contributed by atoms with Crippen LogP contribution in [0.1, 0.15) is 5.69 Å². The van der Waals surface area contributed by atoms with Crippen LogP contribution in [0.2, 0.25) is 0 Å². The number of aromatic nitrogens is 2. The number of nitrogens with zero attached hydrogens (tertiary/aromatic N) is 2. The minimum atomic E-state index is -0.867. The number of quaternary nitrogens is 1. The van der Waals surface area contributed by atoms with E-state index in [1.165, 1.54) is 6.33 Å². The van der Waals surface area contributed by atoms with Gasteiger partial charge in [0.25, 0.3) is 0 Å². The van der Waals surface area contributed by atoms with Gasteiger partial charge in [-0.1, -0.05) is 0 Å². The van der Waals surface area contributed by atoms with E-state index in [1.54, 1.807) is 0 Å². The molecule has 7 heteroatoms. The third-order valence-electron chi connectivity index (χ3n) is 2.46. The normalized spacial score (nSPS) is 13.4. The monoisotopic (exact) mass is 258 g/mol. The van der Waals surface area contributed by atoms with Crippen molar-refractivity contribution >= 4 is 23.3 Å². The molecule has 0 saturated carbocycles. The van der Waals surface area contributed by atoms with Gasteiger partial charge in [0.05, 0.1) is 39.6 Å². The molecule has 0 radical (unpaired) electrons. The Balaban J connectivity index is 2.90. The summed E-state index contributed by atoms with van der Waals surface area (Å²) in [6.45, 7) is 0. The Morgan fingerprint density at radius 3 is 2.76 bits per heavy atom. The summed E-state index contributed by atoms with van der Waals surface area (Å²) in [6, 6.07) is -0.582. The maximum Gasteiger partial charge on any atom is 0.362 e. The van der Waals surface area contributed by atoms with Crippen molar-refractivity contribution < 1.29 is 19.2 Å². The molecular formula is C10H16N3O3S+. The average molecular weight is 258 g/mol. The molecule has 1 rings (SSSR count). The number of carbonyl (C=O) groups excluding carboxylic acids is 1. The van der Waals surface area contributed by atoms with Crippen molar-refractivity contribution in [2.24, 2.45) is 0 Å². The SMILES string of the molecule is C[N+](C)(C)C(Cc1[nH]cnc1SC=O)C(=O)O. The van der Waals surface area contributed by atoms with Gasteiger partial charge in [-0.2, -0.15) is 0 Å². The van der Waals surface area contributed by atoms with Crippen LogP contribution in [0.5, 0.6) is 0 Å². The number of H-pyrrole nitrogens is 1. The van der Waals surface area contributed by atoms with Crippen LogP contribution in [-0.4, -0.2) is 58.3 Å². The fourth-order valence-electron chi connectivity index (χ4n) is 1.49. The van der Waals surface area contributed by atoms with E-state index in [2.05, 4.69) is 9.97 Å². The fraction of sp³-hybridized carbons (Fsp3) is 0.500. The van der Waals surface area contributed by atoms with E-state index in [0.717, 1.165) is 11.8 Å². The number of rotatable bonds is 6. The molecule has 17 heavy (non-hydrogen) atoms. The highest BCUT2D eigenvalue weighted by Gasteiger charge is 2.32. The number of aromatic amines is 1. The molecule has 6 nitrogen and oxygen atoms in total. The van der Waals surface area contributed by atoms with Gasteiger partial charge in [-0.3, -0.25) is 4.79 Å². The molecule has 0 saturated heterocycles. The van der Waals surface area contributed by atoms with Gasteiger partial charge in [-0.05, 0) is 11.8 Å². The lowest BCUT2D eigenvalue weighted by Crippen LogP contribution is -2.51. The molecule has 0 aromatic carbocycles. The van der Waals surface area contributed by atoms with E-state index in [1.807, 2.05) is 21.1 Å². The van der Waals surface area contributed by atoms with E-state index < -0.39 is 12.0 Å². The number of hydrogen-bond acceptors (Lipinski definition) is 4. The average Bonchev–Trinajstić information content (AvgIpc) is 2.60. The highest BCUT2D eigenvalue weighted by atomic mass is 32.2. The number of thioether (sulfide) groups is 1. The molecule has 1 aromatic heterocycles. The van der Waals surface area contributed by atoms with E-state index >= 15 is 0 Å². The van der Waals surface area contributed by atoms with Gasteiger partial charge in [0.2, 0.25) is 0 Å². The number of hydrogen-bond donors (Lipinski definition) is 2. The summed E-state index contributed by atoms with van der Waals surface area (Å²) in [4.78, 5) is 28.5. The van der Waals surface area contributed by atoms with Gasteiger partial charge in [0.1, 0.15) is 5.03 Å². The van der Waals surface area contributed by atoms with Crippen LogP contribution >= 0.6 is 11.8 Å². The molecule has 0 fully saturated rings. The van der Waals surface area contributed by atoms with Crippen LogP contribution in [0, 0.1) is 0 Å². The van der Waals surface area contributed by atoms with Gasteiger partial charge >= 0.3 is 5.97 Å². The molecule has 94 valence electrons. The molecular weight excluding hydrogens is 242 g/mol. The molecule has 1 unspecified atom stereocenters. The van der Waals surface area contributed by atoms with Crippen molar-refractivity contribution in [2.45, 2.75) is 17.5 Å². The van der Waals surface area contributed by atoms with E-state index in [-0.39, 0.29) is 0 Å². The van der Waals surface area contributed by atoms with Gasteiger partial charge in [-0.25, -0.2) is 9.78 Å². The van der Waals surface area contributed by atoms with Crippen molar-refractivity contribution in [3.8, 4) is 0 Å². The summed E-state index contributed by atoms with van der Waals surface area (Å²) in [5.74, 6) is -0.867. The zero-order valence-corrected chi connectivity index (χ0v) is 10.8. The van der Waals surface area contributed by atoms with Crippen LogP contribution in [-0.2, 0) is 16.0 Å². The molecule has 0 aliphatic heterocycles. The smallest absolute Gasteiger partial charge is 0.362 e. The maximum atomic E-state index is 11.2. The lowest BCUT2D eigenvalue weighted by Gasteiger charge is -2.30. The molecule has 0 aliphatic carbocycles. The molecule has 1 atom stereocenters. The first-order chi connectivity index (χ1) is 7.86. The Morgan fingerprint density at radius 2 is 2.29 bits per heavy atom. The van der Waals surface area contributed by atoms with Crippen molar-refractivity contribution in [1.82, 2.24) is 9.97 Å². The van der Waals surface area contributed by atoms with E-state index in [4.69, 9.17) is 0 Å². The summed E-state index contributed by atoms with van der Waals surface area (Å²) in [5.41, 5.74) is 1.36. The minimum absolute atomic E-state index is 0.305. The van der Waals surface area contributed by atoms with Crippen molar-refractivity contribution in [3.05, 3.63) is 12.0 Å². The Morgan fingerprint density at radius 1 is 1.65 bits per heavy atom. The van der Waals surface area contributed by atoms with Gasteiger partial charge in [0, 0.05) is 0 Å². The molecule has 0 spiro atoms. The first-order valence-corrected chi connectivity index (χ1v) is 5.90. The molecule has 1 aromatic rings. The van der Waals surface area contributed by atoms with Gasteiger partial charge < -0.3 is 14.6 Å². The second-order valence-corrected chi connectivity index (χ2v) is 5.39. The van der Waals surface area contributed by atoms with E-state index in [0.29, 0.717) is 27.2 Å². The summed E-state index contributed by atoms with van der Waals surface area (Å²) in [7, 11) is 5.46. The number of carbonyl (C=O) groups is 2. The second-order valence-electron chi connectivity index (χ2n) is 4.57. The van der Waals surface area contributed by atoms with Crippen molar-refractivity contribution in [2.75, 3.05) is 21.1 Å². The second kappa shape index (κ2) is 5.33. The fourth-order valence-corrected chi connectivity index (χ4v) is 1.98. The van der Waals surface area contributed by atoms with E-state index in [9.17, 15) is 14.7 Å². The Hall–Kier alpha value is -1.34. The maximum absolute atomic E-state index is 11.2. The third-order valence-corrected chi connectivity index (χ3v) is 3.13. The number of imidazole rings is 1. The third kappa shape index (κ3) is 3.57. The quantitative estimate of drug-likeness (QED) is 0.438. The number of carboxylic acids is 1. The Labute approximate surface area is 104 Å². The number of likely N-dealkylation sites (N-methyl/N-ethyl adjacent to an activating group) is 1. The number of carboxylic acid groups (broad SMARTS) is 1. The van der Waals surface area contributed by atoms with Crippen molar-refractivity contribution in [1.29, 1.82) is 0 Å². The molecule has 0 aliphatic rings. The predicted octanol–water partition coefficient (Wildman–Crippen LogP) is 0.394. The first-order valence-electron chi connectivity index (χ1n) is 5.02. The van der Waals surface area contributed by atoms with Crippen molar-refractivity contribution in [3.63, 3.8) is 0 Å². The van der Waals surface area contributed by atoms with Crippen LogP contribution in [0.3, 0.4) is 0 Å². The van der Waals surface area contributed by atoms with Crippen LogP contribution in [0.4, 0.5) is 0 Å². The summed E-state index contributed by atoms with van der Waals surface area (Å²) in [5, 5.41) is 9.74. The topological polar surface area (TPSA) is 83.0 Å². The zero-order chi connectivity index (χ0) is 13.1.